The minimum atomic E-state index is -0.826. The number of methoxy groups -OCH3 is 1. The van der Waals surface area contributed by atoms with Gasteiger partial charge < -0.3 is 14.6 Å². The van der Waals surface area contributed by atoms with Crippen LogP contribution in [0.5, 0.6) is 5.75 Å². The summed E-state index contributed by atoms with van der Waals surface area (Å²) in [5.41, 5.74) is 2.53. The Balaban J connectivity index is 1.59. The predicted molar refractivity (Wildman–Crippen MR) is 101 cm³/mol. The Morgan fingerprint density at radius 2 is 1.81 bits per heavy atom. The molecule has 0 saturated carbocycles. The van der Waals surface area contributed by atoms with E-state index in [2.05, 4.69) is 29.2 Å². The standard InChI is InChI=1S/C22H27NO3/c1-16-8-9-18(10-21(16)25-2)22(24)11-19-14-26-15-20(12-22)23(19)13-17-6-4-3-5-7-17/h3-10,19-20,24H,11-15H2,1-2H3. The third-order valence-corrected chi connectivity index (χ3v) is 5.86. The smallest absolute Gasteiger partial charge is 0.122 e. The summed E-state index contributed by atoms with van der Waals surface area (Å²) < 4.78 is 11.3. The van der Waals surface area contributed by atoms with Gasteiger partial charge in [-0.2, -0.15) is 0 Å². The molecule has 2 aromatic rings. The van der Waals surface area contributed by atoms with E-state index in [0.29, 0.717) is 26.1 Å². The van der Waals surface area contributed by atoms with Gasteiger partial charge in [0.2, 0.25) is 0 Å². The van der Waals surface area contributed by atoms with Crippen LogP contribution in [0.4, 0.5) is 0 Å². The Hall–Kier alpha value is -1.88. The summed E-state index contributed by atoms with van der Waals surface area (Å²) in [4.78, 5) is 2.51. The van der Waals surface area contributed by atoms with Gasteiger partial charge in [-0.15, -0.1) is 0 Å². The molecule has 0 spiro atoms. The molecule has 4 heteroatoms. The average molecular weight is 353 g/mol. The second-order valence-electron chi connectivity index (χ2n) is 7.63. The van der Waals surface area contributed by atoms with Gasteiger partial charge in [0.1, 0.15) is 5.75 Å². The molecule has 0 aliphatic carbocycles. The normalized spacial score (nSPS) is 28.7. The van der Waals surface area contributed by atoms with Crippen LogP contribution in [0.2, 0.25) is 0 Å². The fourth-order valence-corrected chi connectivity index (χ4v) is 4.44. The topological polar surface area (TPSA) is 41.9 Å². The van der Waals surface area contributed by atoms with Crippen molar-refractivity contribution in [3.8, 4) is 5.75 Å². The molecule has 2 heterocycles. The molecule has 2 fully saturated rings. The molecule has 0 radical (unpaired) electrons. The quantitative estimate of drug-likeness (QED) is 0.916. The molecule has 0 aromatic heterocycles. The molecule has 4 rings (SSSR count). The fraction of sp³-hybridized carbons (Fsp3) is 0.455. The van der Waals surface area contributed by atoms with Crippen LogP contribution in [0.15, 0.2) is 48.5 Å². The Morgan fingerprint density at radius 1 is 1.12 bits per heavy atom. The summed E-state index contributed by atoms with van der Waals surface area (Å²) in [6.07, 6.45) is 1.37. The molecule has 2 bridgehead atoms. The predicted octanol–water partition coefficient (Wildman–Crippen LogP) is 3.25. The summed E-state index contributed by atoms with van der Waals surface area (Å²) >= 11 is 0. The van der Waals surface area contributed by atoms with Gasteiger partial charge in [0.15, 0.2) is 0 Å². The van der Waals surface area contributed by atoms with Crippen molar-refractivity contribution >= 4 is 0 Å². The molecule has 1 N–H and O–H groups in total. The minimum absolute atomic E-state index is 0.222. The number of ether oxygens (including phenoxy) is 2. The van der Waals surface area contributed by atoms with Gasteiger partial charge in [0, 0.05) is 18.6 Å². The lowest BCUT2D eigenvalue weighted by Crippen LogP contribution is -2.60. The van der Waals surface area contributed by atoms with E-state index in [1.807, 2.05) is 31.2 Å². The molecule has 2 aromatic carbocycles. The summed E-state index contributed by atoms with van der Waals surface area (Å²) in [7, 11) is 1.68. The molecule has 2 aliphatic heterocycles. The number of morpholine rings is 1. The molecule has 2 unspecified atom stereocenters. The highest BCUT2D eigenvalue weighted by molar-refractivity contribution is 5.39. The third kappa shape index (κ3) is 3.25. The van der Waals surface area contributed by atoms with Gasteiger partial charge >= 0.3 is 0 Å². The molecule has 0 amide bonds. The Bertz CT molecular complexity index is 747. The van der Waals surface area contributed by atoms with Crippen molar-refractivity contribution in [2.75, 3.05) is 20.3 Å². The number of hydrogen-bond donors (Lipinski definition) is 1. The Labute approximate surface area is 155 Å². The first-order chi connectivity index (χ1) is 12.6. The first kappa shape index (κ1) is 17.5. The second-order valence-corrected chi connectivity index (χ2v) is 7.63. The zero-order chi connectivity index (χ0) is 18.1. The maximum Gasteiger partial charge on any atom is 0.122 e. The largest absolute Gasteiger partial charge is 0.496 e. The van der Waals surface area contributed by atoms with Crippen LogP contribution in [-0.2, 0) is 16.9 Å². The number of aliphatic hydroxyl groups is 1. The van der Waals surface area contributed by atoms with Crippen LogP contribution >= 0.6 is 0 Å². The van der Waals surface area contributed by atoms with E-state index in [1.54, 1.807) is 7.11 Å². The summed E-state index contributed by atoms with van der Waals surface area (Å²) in [6.45, 7) is 4.29. The Kier molecular flexibility index (Phi) is 4.74. The molecule has 138 valence electrons. The van der Waals surface area contributed by atoms with E-state index in [0.717, 1.165) is 23.4 Å². The summed E-state index contributed by atoms with van der Waals surface area (Å²) in [5, 5.41) is 11.5. The lowest BCUT2D eigenvalue weighted by atomic mass is 9.76. The van der Waals surface area contributed by atoms with Gasteiger partial charge in [-0.1, -0.05) is 42.5 Å². The van der Waals surface area contributed by atoms with Gasteiger partial charge in [-0.3, -0.25) is 4.90 Å². The average Bonchev–Trinajstić information content (AvgIpc) is 2.64. The fourth-order valence-electron chi connectivity index (χ4n) is 4.44. The first-order valence-electron chi connectivity index (χ1n) is 9.34. The number of rotatable bonds is 4. The highest BCUT2D eigenvalue weighted by atomic mass is 16.5. The lowest BCUT2D eigenvalue weighted by molar-refractivity contribution is -0.149. The van der Waals surface area contributed by atoms with Crippen molar-refractivity contribution in [2.45, 2.75) is 44.0 Å². The van der Waals surface area contributed by atoms with Crippen LogP contribution in [0.3, 0.4) is 0 Å². The van der Waals surface area contributed by atoms with Gasteiger partial charge in [0.25, 0.3) is 0 Å². The maximum absolute atomic E-state index is 11.5. The number of aryl methyl sites for hydroxylation is 1. The zero-order valence-corrected chi connectivity index (χ0v) is 15.5. The molecule has 2 atom stereocenters. The van der Waals surface area contributed by atoms with E-state index in [-0.39, 0.29) is 12.1 Å². The highest BCUT2D eigenvalue weighted by Crippen LogP contribution is 2.42. The van der Waals surface area contributed by atoms with Crippen molar-refractivity contribution in [1.29, 1.82) is 0 Å². The number of hydrogen-bond acceptors (Lipinski definition) is 4. The Morgan fingerprint density at radius 3 is 2.46 bits per heavy atom. The van der Waals surface area contributed by atoms with Crippen LogP contribution in [-0.4, -0.2) is 42.4 Å². The van der Waals surface area contributed by atoms with Crippen LogP contribution < -0.4 is 4.74 Å². The van der Waals surface area contributed by atoms with E-state index in [4.69, 9.17) is 9.47 Å². The number of nitrogens with zero attached hydrogens (tertiary/aromatic N) is 1. The van der Waals surface area contributed by atoms with Crippen LogP contribution in [0.25, 0.3) is 0 Å². The number of piperidine rings is 1. The van der Waals surface area contributed by atoms with Crippen molar-refractivity contribution in [3.63, 3.8) is 0 Å². The second kappa shape index (κ2) is 7.03. The van der Waals surface area contributed by atoms with Crippen molar-refractivity contribution in [3.05, 3.63) is 65.2 Å². The zero-order valence-electron chi connectivity index (χ0n) is 15.5. The van der Waals surface area contributed by atoms with Crippen molar-refractivity contribution in [1.82, 2.24) is 4.90 Å². The monoisotopic (exact) mass is 353 g/mol. The van der Waals surface area contributed by atoms with E-state index >= 15 is 0 Å². The first-order valence-corrected chi connectivity index (χ1v) is 9.34. The molecular formula is C22H27NO3. The highest BCUT2D eigenvalue weighted by Gasteiger charge is 2.47. The van der Waals surface area contributed by atoms with Gasteiger partial charge in [-0.05, 0) is 42.5 Å². The maximum atomic E-state index is 11.5. The van der Waals surface area contributed by atoms with Crippen LogP contribution in [0.1, 0.15) is 29.5 Å². The molecule has 2 saturated heterocycles. The van der Waals surface area contributed by atoms with Crippen molar-refractivity contribution < 1.29 is 14.6 Å². The summed E-state index contributed by atoms with van der Waals surface area (Å²) in [6, 6.07) is 17.1. The van der Waals surface area contributed by atoms with Crippen LogP contribution in [0, 0.1) is 6.92 Å². The van der Waals surface area contributed by atoms with Crippen molar-refractivity contribution in [2.24, 2.45) is 0 Å². The van der Waals surface area contributed by atoms with E-state index in [9.17, 15) is 5.11 Å². The molecule has 26 heavy (non-hydrogen) atoms. The molecule has 4 nitrogen and oxygen atoms in total. The summed E-state index contributed by atoms with van der Waals surface area (Å²) in [5.74, 6) is 0.837. The SMILES string of the molecule is COc1cc(C2(O)CC3COCC(C2)N3Cc2ccccc2)ccc1C. The van der Waals surface area contributed by atoms with E-state index < -0.39 is 5.60 Å². The number of fused-ring (bicyclic) bond motifs is 2. The van der Waals surface area contributed by atoms with E-state index in [1.165, 1.54) is 5.56 Å². The minimum Gasteiger partial charge on any atom is -0.496 e. The number of benzene rings is 2. The molecule has 2 aliphatic rings. The molecular weight excluding hydrogens is 326 g/mol. The lowest BCUT2D eigenvalue weighted by Gasteiger charge is -2.52. The third-order valence-electron chi connectivity index (χ3n) is 5.86. The van der Waals surface area contributed by atoms with Gasteiger partial charge in [-0.25, -0.2) is 0 Å². The van der Waals surface area contributed by atoms with Gasteiger partial charge in [0.05, 0.1) is 25.9 Å².